The first-order chi connectivity index (χ1) is 13.1. The fourth-order valence-electron chi connectivity index (χ4n) is 2.66. The second kappa shape index (κ2) is 8.20. The zero-order valence-corrected chi connectivity index (χ0v) is 15.2. The molecule has 0 amide bonds. The number of methoxy groups -OCH3 is 1. The molecule has 27 heavy (non-hydrogen) atoms. The van der Waals surface area contributed by atoms with Crippen LogP contribution >= 0.6 is 0 Å². The number of ether oxygens (including phenoxy) is 2. The molecule has 0 N–H and O–H groups in total. The number of carbonyl (C=O) groups excluding carboxylic acids is 1. The monoisotopic (exact) mass is 357 g/mol. The van der Waals surface area contributed by atoms with Gasteiger partial charge in [0.1, 0.15) is 17.6 Å². The van der Waals surface area contributed by atoms with Crippen LogP contribution in [0.1, 0.15) is 22.8 Å². The number of carbonyl (C=O) groups is 1. The van der Waals surface area contributed by atoms with Gasteiger partial charge in [0, 0.05) is 5.56 Å². The summed E-state index contributed by atoms with van der Waals surface area (Å²) < 4.78 is 10.6. The number of allylic oxidation sites excluding steroid dienone is 1. The number of rotatable bonds is 6. The highest BCUT2D eigenvalue weighted by Crippen LogP contribution is 2.22. The van der Waals surface area contributed by atoms with E-state index in [4.69, 9.17) is 14.7 Å². The number of nitrogens with zero attached hydrogens (tertiary/aromatic N) is 1. The van der Waals surface area contributed by atoms with Crippen LogP contribution in [0.15, 0.2) is 66.7 Å². The number of benzene rings is 3. The Labute approximate surface area is 158 Å². The van der Waals surface area contributed by atoms with Crippen molar-refractivity contribution >= 4 is 22.6 Å². The topological polar surface area (TPSA) is 59.3 Å². The van der Waals surface area contributed by atoms with Crippen molar-refractivity contribution in [3.05, 3.63) is 77.9 Å². The molecule has 3 aromatic carbocycles. The third-order valence-electron chi connectivity index (χ3n) is 4.13. The summed E-state index contributed by atoms with van der Waals surface area (Å²) in [7, 11) is 1.63. The van der Waals surface area contributed by atoms with Gasteiger partial charge >= 0.3 is 0 Å². The van der Waals surface area contributed by atoms with Crippen LogP contribution < -0.4 is 9.47 Å². The molecule has 4 nitrogen and oxygen atoms in total. The van der Waals surface area contributed by atoms with Gasteiger partial charge in [0.05, 0.1) is 7.11 Å². The molecule has 0 aliphatic carbocycles. The minimum Gasteiger partial charge on any atom is -0.497 e. The molecule has 0 spiro atoms. The lowest BCUT2D eigenvalue weighted by atomic mass is 10.0. The maximum atomic E-state index is 12.5. The molecule has 0 aliphatic rings. The Morgan fingerprint density at radius 2 is 1.67 bits per heavy atom. The van der Waals surface area contributed by atoms with Gasteiger partial charge in [-0.2, -0.15) is 5.26 Å². The fraction of sp³-hybridized carbons (Fsp3) is 0.130. The number of nitriles is 1. The molecule has 1 atom stereocenters. The van der Waals surface area contributed by atoms with Crippen LogP contribution in [0.2, 0.25) is 0 Å². The van der Waals surface area contributed by atoms with E-state index in [-0.39, 0.29) is 5.78 Å². The van der Waals surface area contributed by atoms with E-state index < -0.39 is 6.10 Å². The van der Waals surface area contributed by atoms with Gasteiger partial charge in [0.15, 0.2) is 11.9 Å². The zero-order chi connectivity index (χ0) is 19.2. The van der Waals surface area contributed by atoms with Crippen LogP contribution in [0.25, 0.3) is 16.8 Å². The molecule has 134 valence electrons. The van der Waals surface area contributed by atoms with Gasteiger partial charge in [-0.3, -0.25) is 4.79 Å². The highest BCUT2D eigenvalue weighted by atomic mass is 16.5. The Bertz CT molecular complexity index is 1030. The summed E-state index contributed by atoms with van der Waals surface area (Å²) in [5.74, 6) is 1.35. The summed E-state index contributed by atoms with van der Waals surface area (Å²) >= 11 is 0. The quantitative estimate of drug-likeness (QED) is 0.458. The smallest absolute Gasteiger partial charge is 0.185 e. The second-order valence-electron chi connectivity index (χ2n) is 6.08. The predicted molar refractivity (Wildman–Crippen MR) is 106 cm³/mol. The Morgan fingerprint density at radius 3 is 2.37 bits per heavy atom. The van der Waals surface area contributed by atoms with Crippen molar-refractivity contribution in [2.75, 3.05) is 7.11 Å². The van der Waals surface area contributed by atoms with Crippen LogP contribution in [0.4, 0.5) is 0 Å². The van der Waals surface area contributed by atoms with Crippen molar-refractivity contribution in [2.24, 2.45) is 0 Å². The first-order valence-corrected chi connectivity index (χ1v) is 8.55. The third kappa shape index (κ3) is 4.53. The number of hydrogen-bond acceptors (Lipinski definition) is 4. The van der Waals surface area contributed by atoms with Crippen molar-refractivity contribution in [2.45, 2.75) is 13.0 Å². The minimum atomic E-state index is -0.499. The van der Waals surface area contributed by atoms with Gasteiger partial charge in [0.25, 0.3) is 0 Å². The molecule has 0 aliphatic heterocycles. The summed E-state index contributed by atoms with van der Waals surface area (Å²) in [6.07, 6.45) is 2.82. The van der Waals surface area contributed by atoms with E-state index in [1.54, 1.807) is 38.3 Å². The van der Waals surface area contributed by atoms with Crippen molar-refractivity contribution in [3.8, 4) is 17.6 Å². The van der Waals surface area contributed by atoms with Gasteiger partial charge in [-0.25, -0.2) is 0 Å². The van der Waals surface area contributed by atoms with Crippen LogP contribution in [0.5, 0.6) is 11.5 Å². The molecule has 0 heterocycles. The van der Waals surface area contributed by atoms with E-state index in [1.807, 2.05) is 54.6 Å². The molecular formula is C23H19NO3. The summed E-state index contributed by atoms with van der Waals surface area (Å²) in [6.45, 7) is 1.69. The molecule has 4 heteroatoms. The molecule has 1 unspecified atom stereocenters. The van der Waals surface area contributed by atoms with Gasteiger partial charge in [-0.05, 0) is 59.7 Å². The molecule has 0 saturated heterocycles. The first-order valence-electron chi connectivity index (χ1n) is 8.55. The molecule has 0 fully saturated rings. The number of hydrogen-bond donors (Lipinski definition) is 0. The summed E-state index contributed by atoms with van der Waals surface area (Å²) in [4.78, 5) is 12.5. The predicted octanol–water partition coefficient (Wildman–Crippen LogP) is 5.04. The van der Waals surface area contributed by atoms with Crippen molar-refractivity contribution in [3.63, 3.8) is 0 Å². The normalized spacial score (nSPS) is 11.9. The summed E-state index contributed by atoms with van der Waals surface area (Å²) in [5.41, 5.74) is 1.51. The molecule has 0 bridgehead atoms. The highest BCUT2D eigenvalue weighted by Gasteiger charge is 2.05. The number of ketones is 1. The van der Waals surface area contributed by atoms with E-state index in [1.165, 1.54) is 0 Å². The van der Waals surface area contributed by atoms with Crippen molar-refractivity contribution in [1.29, 1.82) is 5.26 Å². The van der Waals surface area contributed by atoms with E-state index in [9.17, 15) is 4.79 Å². The first kappa shape index (κ1) is 18.2. The summed E-state index contributed by atoms with van der Waals surface area (Å²) in [6, 6.07) is 20.6. The van der Waals surface area contributed by atoms with Gasteiger partial charge in [0.2, 0.25) is 0 Å². The Balaban J connectivity index is 1.72. The summed E-state index contributed by atoms with van der Waals surface area (Å²) in [5, 5.41) is 10.8. The fourth-order valence-corrected chi connectivity index (χ4v) is 2.66. The zero-order valence-electron chi connectivity index (χ0n) is 15.2. The largest absolute Gasteiger partial charge is 0.497 e. The van der Waals surface area contributed by atoms with E-state index >= 15 is 0 Å². The van der Waals surface area contributed by atoms with E-state index in [0.717, 1.165) is 22.1 Å². The van der Waals surface area contributed by atoms with E-state index in [2.05, 4.69) is 0 Å². The molecule has 3 rings (SSSR count). The SMILES string of the molecule is COc1ccc2cc(C(=O)/C=C/c3ccc(OC(C)C#N)cc3)ccc2c1. The van der Waals surface area contributed by atoms with Crippen LogP contribution in [0, 0.1) is 11.3 Å². The average Bonchev–Trinajstić information content (AvgIpc) is 2.72. The average molecular weight is 357 g/mol. The van der Waals surface area contributed by atoms with Crippen molar-refractivity contribution < 1.29 is 14.3 Å². The Kier molecular flexibility index (Phi) is 5.53. The van der Waals surface area contributed by atoms with Crippen molar-refractivity contribution in [1.82, 2.24) is 0 Å². The molecule has 3 aromatic rings. The van der Waals surface area contributed by atoms with Gasteiger partial charge in [-0.1, -0.05) is 36.4 Å². The minimum absolute atomic E-state index is 0.0638. The Morgan fingerprint density at radius 1 is 1.00 bits per heavy atom. The molecule has 0 saturated carbocycles. The van der Waals surface area contributed by atoms with Crippen LogP contribution in [-0.4, -0.2) is 19.0 Å². The van der Waals surface area contributed by atoms with E-state index in [0.29, 0.717) is 11.3 Å². The van der Waals surface area contributed by atoms with Gasteiger partial charge < -0.3 is 9.47 Å². The molecule has 0 radical (unpaired) electrons. The third-order valence-corrected chi connectivity index (χ3v) is 4.13. The number of fused-ring (bicyclic) bond motifs is 1. The second-order valence-corrected chi connectivity index (χ2v) is 6.08. The van der Waals surface area contributed by atoms with Gasteiger partial charge in [-0.15, -0.1) is 0 Å². The lowest BCUT2D eigenvalue weighted by molar-refractivity contribution is 0.104. The highest BCUT2D eigenvalue weighted by molar-refractivity contribution is 6.08. The maximum Gasteiger partial charge on any atom is 0.185 e. The lowest BCUT2D eigenvalue weighted by Gasteiger charge is -2.07. The van der Waals surface area contributed by atoms with Crippen LogP contribution in [-0.2, 0) is 0 Å². The molecule has 0 aromatic heterocycles. The van der Waals surface area contributed by atoms with Crippen LogP contribution in [0.3, 0.4) is 0 Å². The Hall–Kier alpha value is -3.58. The standard InChI is InChI=1S/C23H19NO3/c1-16(15-24)27-21-9-3-17(4-10-21)5-12-23(25)20-7-6-19-14-22(26-2)11-8-18(19)13-20/h3-14,16H,1-2H3/b12-5+. The maximum absolute atomic E-state index is 12.5. The molecular weight excluding hydrogens is 338 g/mol. The lowest BCUT2D eigenvalue weighted by Crippen LogP contribution is -2.07.